The summed E-state index contributed by atoms with van der Waals surface area (Å²) in [6.45, 7) is 1.01. The summed E-state index contributed by atoms with van der Waals surface area (Å²) in [5.74, 6) is -0.280. The monoisotopic (exact) mass is 468 g/mol. The zero-order chi connectivity index (χ0) is 23.7. The number of fused-ring (bicyclic) bond motifs is 7. The summed E-state index contributed by atoms with van der Waals surface area (Å²) in [4.78, 5) is 27.5. The number of morpholine rings is 1. The number of nitrogens with zero attached hydrogens (tertiary/aromatic N) is 4. The molecule has 2 aromatic carbocycles. The van der Waals surface area contributed by atoms with E-state index in [-0.39, 0.29) is 12.3 Å². The molecule has 1 fully saturated rings. The Morgan fingerprint density at radius 1 is 0.943 bits per heavy atom. The van der Waals surface area contributed by atoms with Gasteiger partial charge in [-0.1, -0.05) is 53.7 Å². The lowest BCUT2D eigenvalue weighted by Crippen LogP contribution is -2.66. The predicted molar refractivity (Wildman–Crippen MR) is 125 cm³/mol. The van der Waals surface area contributed by atoms with E-state index in [1.165, 1.54) is 6.07 Å². The van der Waals surface area contributed by atoms with Crippen molar-refractivity contribution in [1.82, 2.24) is 14.7 Å². The van der Waals surface area contributed by atoms with Crippen LogP contribution in [-0.2, 0) is 4.74 Å². The molecule has 1 aliphatic carbocycles. The van der Waals surface area contributed by atoms with Gasteiger partial charge in [0.1, 0.15) is 6.17 Å². The fourth-order valence-electron chi connectivity index (χ4n) is 5.53. The summed E-state index contributed by atoms with van der Waals surface area (Å²) in [5.41, 5.74) is 4.00. The summed E-state index contributed by atoms with van der Waals surface area (Å²) >= 11 is 0. The van der Waals surface area contributed by atoms with Crippen LogP contribution in [0.4, 0.5) is 0 Å². The number of benzene rings is 2. The molecule has 7 rings (SSSR count). The normalized spacial score (nSPS) is 20.3. The maximum absolute atomic E-state index is 13.4. The fourth-order valence-corrected chi connectivity index (χ4v) is 5.53. The van der Waals surface area contributed by atoms with Gasteiger partial charge in [-0.05, 0) is 16.7 Å². The van der Waals surface area contributed by atoms with Gasteiger partial charge in [-0.25, -0.2) is 0 Å². The molecule has 0 saturated carbocycles. The Labute approximate surface area is 199 Å². The molecule has 0 spiro atoms. The number of aromatic hydroxyl groups is 1. The van der Waals surface area contributed by atoms with Crippen LogP contribution in [0, 0.1) is 0 Å². The van der Waals surface area contributed by atoms with Gasteiger partial charge in [-0.15, -0.1) is 0 Å². The third-order valence-corrected chi connectivity index (χ3v) is 7.06. The Kier molecular flexibility index (Phi) is 4.19. The van der Waals surface area contributed by atoms with Crippen LogP contribution in [0.15, 0.2) is 76.3 Å². The standard InChI is InChI=1S/C26H20N4O5/c31-20-9-10-29-23(24(20)32)26(33)28-11-12-34-14-21(28)30(29)22-16-6-2-1-5-15(16)19-13-27-35-25(19)18-8-4-3-7-17(18)22/h1-10,13,21-22,32H,11-12,14H2. The molecule has 2 atom stereocenters. The summed E-state index contributed by atoms with van der Waals surface area (Å²) in [6.07, 6.45) is 2.81. The Bertz CT molecular complexity index is 1500. The highest BCUT2D eigenvalue weighted by molar-refractivity contribution is 5.97. The van der Waals surface area contributed by atoms with Crippen LogP contribution in [0.2, 0.25) is 0 Å². The minimum absolute atomic E-state index is 0.0480. The van der Waals surface area contributed by atoms with E-state index < -0.39 is 29.3 Å². The Morgan fingerprint density at radius 3 is 2.51 bits per heavy atom. The van der Waals surface area contributed by atoms with Crippen LogP contribution < -0.4 is 10.4 Å². The molecule has 3 aliphatic rings. The van der Waals surface area contributed by atoms with E-state index in [2.05, 4.69) is 5.16 Å². The number of carbonyl (C=O) groups is 1. The highest BCUT2D eigenvalue weighted by Crippen LogP contribution is 2.47. The maximum atomic E-state index is 13.4. The van der Waals surface area contributed by atoms with Crippen molar-refractivity contribution in [3.05, 3.63) is 94.0 Å². The third-order valence-electron chi connectivity index (χ3n) is 7.06. The molecule has 35 heavy (non-hydrogen) atoms. The number of carbonyl (C=O) groups excluding carboxylic acids is 1. The first kappa shape index (κ1) is 20.0. The van der Waals surface area contributed by atoms with Gasteiger partial charge in [0, 0.05) is 29.9 Å². The Hall–Kier alpha value is -4.37. The first-order valence-electron chi connectivity index (χ1n) is 11.4. The topological polar surface area (TPSA) is 101 Å². The van der Waals surface area contributed by atoms with Crippen molar-refractivity contribution < 1.29 is 19.2 Å². The quantitative estimate of drug-likeness (QED) is 0.458. The van der Waals surface area contributed by atoms with Crippen molar-refractivity contribution in [2.24, 2.45) is 0 Å². The zero-order valence-electron chi connectivity index (χ0n) is 18.5. The van der Waals surface area contributed by atoms with E-state index in [4.69, 9.17) is 9.26 Å². The smallest absolute Gasteiger partial charge is 0.278 e. The zero-order valence-corrected chi connectivity index (χ0v) is 18.5. The van der Waals surface area contributed by atoms with Crippen molar-refractivity contribution in [2.45, 2.75) is 12.2 Å². The van der Waals surface area contributed by atoms with Crippen LogP contribution >= 0.6 is 0 Å². The van der Waals surface area contributed by atoms with Gasteiger partial charge in [0.2, 0.25) is 5.43 Å². The van der Waals surface area contributed by atoms with Crippen molar-refractivity contribution in [3.63, 3.8) is 0 Å². The second-order valence-corrected chi connectivity index (χ2v) is 8.80. The third kappa shape index (κ3) is 2.69. The molecule has 2 unspecified atom stereocenters. The van der Waals surface area contributed by atoms with Gasteiger partial charge in [-0.3, -0.25) is 19.3 Å². The molecule has 9 heteroatoms. The maximum Gasteiger partial charge on any atom is 0.278 e. The van der Waals surface area contributed by atoms with Crippen molar-refractivity contribution in [3.8, 4) is 28.2 Å². The van der Waals surface area contributed by atoms with Gasteiger partial charge in [0.15, 0.2) is 17.2 Å². The summed E-state index contributed by atoms with van der Waals surface area (Å²) in [5, 5.41) is 16.8. The number of aromatic nitrogens is 2. The minimum Gasteiger partial charge on any atom is -0.502 e. The van der Waals surface area contributed by atoms with E-state index in [0.717, 1.165) is 27.8 Å². The van der Waals surface area contributed by atoms with E-state index in [1.54, 1.807) is 22.0 Å². The molecule has 1 amide bonds. The second-order valence-electron chi connectivity index (χ2n) is 8.80. The highest BCUT2D eigenvalue weighted by Gasteiger charge is 2.46. The van der Waals surface area contributed by atoms with Crippen LogP contribution in [-0.4, -0.2) is 51.7 Å². The Morgan fingerprint density at radius 2 is 1.69 bits per heavy atom. The average Bonchev–Trinajstić information content (AvgIpc) is 3.34. The SMILES string of the molecule is O=C1c2c(O)c(=O)ccn2N(C2c3ccccc3-c3cnoc3-c3ccccc32)C2COCCN12. The van der Waals surface area contributed by atoms with Crippen molar-refractivity contribution in [2.75, 3.05) is 24.8 Å². The molecule has 4 aromatic rings. The molecule has 9 nitrogen and oxygen atoms in total. The molecular formula is C26H20N4O5. The number of hydrogen-bond acceptors (Lipinski definition) is 7. The van der Waals surface area contributed by atoms with E-state index in [0.29, 0.717) is 18.9 Å². The van der Waals surface area contributed by atoms with Crippen molar-refractivity contribution >= 4 is 5.91 Å². The molecule has 4 heterocycles. The number of hydrogen-bond donors (Lipinski definition) is 1. The van der Waals surface area contributed by atoms with E-state index in [1.807, 2.05) is 53.5 Å². The largest absolute Gasteiger partial charge is 0.502 e. The molecule has 0 radical (unpaired) electrons. The molecular weight excluding hydrogens is 448 g/mol. The molecule has 2 aromatic heterocycles. The van der Waals surface area contributed by atoms with Crippen LogP contribution in [0.3, 0.4) is 0 Å². The van der Waals surface area contributed by atoms with Crippen LogP contribution in [0.5, 0.6) is 5.75 Å². The van der Waals surface area contributed by atoms with Gasteiger partial charge in [0.05, 0.1) is 25.5 Å². The van der Waals surface area contributed by atoms with Gasteiger partial charge >= 0.3 is 0 Å². The number of rotatable bonds is 1. The van der Waals surface area contributed by atoms with Gasteiger partial charge < -0.3 is 19.3 Å². The van der Waals surface area contributed by atoms with Crippen LogP contribution in [0.25, 0.3) is 22.5 Å². The minimum atomic E-state index is -0.594. The first-order chi connectivity index (χ1) is 17.1. The van der Waals surface area contributed by atoms with E-state index >= 15 is 0 Å². The summed E-state index contributed by atoms with van der Waals surface area (Å²) < 4.78 is 13.2. The molecule has 1 saturated heterocycles. The summed E-state index contributed by atoms with van der Waals surface area (Å²) in [7, 11) is 0. The van der Waals surface area contributed by atoms with Crippen LogP contribution in [0.1, 0.15) is 27.7 Å². The molecule has 2 aliphatic heterocycles. The lowest BCUT2D eigenvalue weighted by molar-refractivity contribution is -0.0196. The molecule has 0 bridgehead atoms. The number of amides is 1. The first-order valence-corrected chi connectivity index (χ1v) is 11.4. The molecule has 1 N–H and O–H groups in total. The fraction of sp³-hybridized carbons (Fsp3) is 0.192. The lowest BCUT2D eigenvalue weighted by Gasteiger charge is -2.51. The van der Waals surface area contributed by atoms with Gasteiger partial charge in [-0.2, -0.15) is 0 Å². The number of pyridine rings is 1. The summed E-state index contributed by atoms with van der Waals surface area (Å²) in [6, 6.07) is 16.8. The van der Waals surface area contributed by atoms with Gasteiger partial charge in [0.25, 0.3) is 5.91 Å². The average molecular weight is 468 g/mol. The number of ether oxygens (including phenoxy) is 1. The molecule has 174 valence electrons. The lowest BCUT2D eigenvalue weighted by atomic mass is 9.92. The van der Waals surface area contributed by atoms with Crippen molar-refractivity contribution in [1.29, 1.82) is 0 Å². The highest BCUT2D eigenvalue weighted by atomic mass is 16.5. The predicted octanol–water partition coefficient (Wildman–Crippen LogP) is 2.73. The second kappa shape index (κ2) is 7.31. The Balaban J connectivity index is 1.57. The van der Waals surface area contributed by atoms with E-state index in [9.17, 15) is 14.7 Å².